The molecule has 1 amide bonds. The van der Waals surface area contributed by atoms with Crippen LogP contribution >= 0.6 is 0 Å². The lowest BCUT2D eigenvalue weighted by Crippen LogP contribution is -2.43. The summed E-state index contributed by atoms with van der Waals surface area (Å²) in [6.07, 6.45) is 3.48. The van der Waals surface area contributed by atoms with E-state index in [4.69, 9.17) is 18.9 Å². The van der Waals surface area contributed by atoms with E-state index in [9.17, 15) is 4.79 Å². The second kappa shape index (κ2) is 8.85. The Hall–Kier alpha value is -1.63. The number of carbonyl (C=O) groups excluding carboxylic acids is 1. The van der Waals surface area contributed by atoms with Crippen LogP contribution in [0.3, 0.4) is 0 Å². The van der Waals surface area contributed by atoms with E-state index in [2.05, 4.69) is 17.4 Å². The third-order valence-corrected chi connectivity index (χ3v) is 6.58. The smallest absolute Gasteiger partial charge is 0.407 e. The minimum absolute atomic E-state index is 0.142. The molecule has 1 spiro atoms. The molecule has 166 valence electrons. The van der Waals surface area contributed by atoms with Crippen molar-refractivity contribution < 1.29 is 23.7 Å². The van der Waals surface area contributed by atoms with Gasteiger partial charge in [0, 0.05) is 18.4 Å². The van der Waals surface area contributed by atoms with Gasteiger partial charge in [-0.25, -0.2) is 4.79 Å². The molecule has 1 N–H and O–H groups in total. The van der Waals surface area contributed by atoms with E-state index >= 15 is 0 Å². The molecule has 2 aliphatic carbocycles. The molecular weight excluding hydrogens is 382 g/mol. The van der Waals surface area contributed by atoms with Crippen LogP contribution in [0.2, 0.25) is 0 Å². The number of carbonyl (C=O) groups is 1. The normalized spacial score (nSPS) is 30.2. The zero-order valence-corrected chi connectivity index (χ0v) is 18.4. The molecule has 6 nitrogen and oxygen atoms in total. The van der Waals surface area contributed by atoms with Crippen LogP contribution in [0.25, 0.3) is 0 Å². The molecule has 1 heterocycles. The summed E-state index contributed by atoms with van der Waals surface area (Å²) in [6.45, 7) is 8.20. The van der Waals surface area contributed by atoms with Gasteiger partial charge < -0.3 is 24.3 Å². The Morgan fingerprint density at radius 2 is 1.90 bits per heavy atom. The fraction of sp³-hybridized carbons (Fsp3) is 0.708. The number of alkyl carbamates (subject to hydrolysis) is 1. The number of fused-ring (bicyclic) bond motifs is 1. The Kier molecular flexibility index (Phi) is 6.37. The third-order valence-electron chi connectivity index (χ3n) is 6.58. The van der Waals surface area contributed by atoms with E-state index in [1.165, 1.54) is 5.56 Å². The Morgan fingerprint density at radius 3 is 2.60 bits per heavy atom. The average molecular weight is 418 g/mol. The minimum Gasteiger partial charge on any atom is -0.444 e. The van der Waals surface area contributed by atoms with Crippen molar-refractivity contribution >= 4 is 6.09 Å². The monoisotopic (exact) mass is 417 g/mol. The lowest BCUT2D eigenvalue weighted by molar-refractivity contribution is -0.198. The molecule has 1 aliphatic heterocycles. The molecule has 1 saturated heterocycles. The van der Waals surface area contributed by atoms with Gasteiger partial charge in [0.25, 0.3) is 0 Å². The molecule has 1 aromatic carbocycles. The van der Waals surface area contributed by atoms with Crippen LogP contribution in [0.15, 0.2) is 30.3 Å². The highest BCUT2D eigenvalue weighted by Gasteiger charge is 2.58. The maximum absolute atomic E-state index is 12.2. The Balaban J connectivity index is 1.36. The van der Waals surface area contributed by atoms with Crippen molar-refractivity contribution in [1.29, 1.82) is 0 Å². The van der Waals surface area contributed by atoms with Crippen LogP contribution in [0.5, 0.6) is 0 Å². The Labute approximate surface area is 179 Å². The number of rotatable bonds is 5. The van der Waals surface area contributed by atoms with Crippen molar-refractivity contribution in [2.24, 2.45) is 17.8 Å². The fourth-order valence-electron chi connectivity index (χ4n) is 5.43. The SMILES string of the molecule is CC(C)(C)OC(=O)NC1CC[C@@H]2[C@@H](C1)CC1(OCCO1)[C@H]2COCc1ccccc1. The molecule has 4 atom stereocenters. The number of benzene rings is 1. The van der Waals surface area contributed by atoms with Gasteiger partial charge in [-0.3, -0.25) is 0 Å². The first kappa shape index (κ1) is 21.6. The summed E-state index contributed by atoms with van der Waals surface area (Å²) in [6, 6.07) is 10.4. The van der Waals surface area contributed by atoms with Crippen molar-refractivity contribution in [2.45, 2.75) is 70.5 Å². The number of ether oxygens (including phenoxy) is 4. The molecule has 4 rings (SSSR count). The highest BCUT2D eigenvalue weighted by molar-refractivity contribution is 5.68. The van der Waals surface area contributed by atoms with Gasteiger partial charge in [0.2, 0.25) is 0 Å². The number of amides is 1. The maximum atomic E-state index is 12.2. The highest BCUT2D eigenvalue weighted by Crippen LogP contribution is 2.54. The molecule has 30 heavy (non-hydrogen) atoms. The highest BCUT2D eigenvalue weighted by atomic mass is 16.7. The van der Waals surface area contributed by atoms with E-state index in [0.717, 1.165) is 25.7 Å². The standard InChI is InChI=1S/C24H35NO5/c1-23(2,3)30-22(26)25-19-9-10-20-18(13-19)14-24(28-11-12-29-24)21(20)16-27-15-17-7-5-4-6-8-17/h4-8,18-21H,9-16H2,1-3H3,(H,25,26)/t18-,19?,20+,21-/m0/s1. The summed E-state index contributed by atoms with van der Waals surface area (Å²) in [5.74, 6) is 0.668. The first-order valence-electron chi connectivity index (χ1n) is 11.2. The second-order valence-corrected chi connectivity index (χ2v) is 9.90. The van der Waals surface area contributed by atoms with E-state index < -0.39 is 11.4 Å². The van der Waals surface area contributed by atoms with Gasteiger partial charge in [0.05, 0.1) is 26.4 Å². The number of hydrogen-bond donors (Lipinski definition) is 1. The van der Waals surface area contributed by atoms with E-state index in [1.807, 2.05) is 39.0 Å². The van der Waals surface area contributed by atoms with E-state index in [0.29, 0.717) is 38.3 Å². The maximum Gasteiger partial charge on any atom is 0.407 e. The van der Waals surface area contributed by atoms with Crippen LogP contribution in [0.4, 0.5) is 4.79 Å². The zero-order chi connectivity index (χ0) is 21.2. The molecule has 0 bridgehead atoms. The van der Waals surface area contributed by atoms with Crippen molar-refractivity contribution in [2.75, 3.05) is 19.8 Å². The molecule has 0 radical (unpaired) electrons. The predicted octanol–water partition coefficient (Wildman–Crippen LogP) is 4.28. The molecule has 3 fully saturated rings. The molecule has 6 heteroatoms. The van der Waals surface area contributed by atoms with Crippen LogP contribution in [0, 0.1) is 17.8 Å². The third kappa shape index (κ3) is 4.98. The molecule has 2 saturated carbocycles. The molecule has 3 aliphatic rings. The van der Waals surface area contributed by atoms with Crippen molar-refractivity contribution in [3.63, 3.8) is 0 Å². The van der Waals surface area contributed by atoms with Gasteiger partial charge in [0.1, 0.15) is 5.60 Å². The lowest BCUT2D eigenvalue weighted by Gasteiger charge is -2.35. The first-order valence-corrected chi connectivity index (χ1v) is 11.2. The van der Waals surface area contributed by atoms with Gasteiger partial charge in [-0.15, -0.1) is 0 Å². The molecule has 1 unspecified atom stereocenters. The van der Waals surface area contributed by atoms with Crippen molar-refractivity contribution in [3.8, 4) is 0 Å². The quantitative estimate of drug-likeness (QED) is 0.775. The van der Waals surface area contributed by atoms with E-state index in [1.54, 1.807) is 0 Å². The Morgan fingerprint density at radius 1 is 1.17 bits per heavy atom. The molecule has 0 aromatic heterocycles. The van der Waals surface area contributed by atoms with Crippen molar-refractivity contribution in [3.05, 3.63) is 35.9 Å². The van der Waals surface area contributed by atoms with Crippen molar-refractivity contribution in [1.82, 2.24) is 5.32 Å². The van der Waals surface area contributed by atoms with Gasteiger partial charge in [-0.05, 0) is 57.4 Å². The largest absolute Gasteiger partial charge is 0.444 e. The van der Waals surface area contributed by atoms with Gasteiger partial charge in [-0.2, -0.15) is 0 Å². The lowest BCUT2D eigenvalue weighted by atomic mass is 9.76. The van der Waals surface area contributed by atoms with Gasteiger partial charge in [-0.1, -0.05) is 30.3 Å². The average Bonchev–Trinajstić information content (AvgIpc) is 3.26. The van der Waals surface area contributed by atoms with Gasteiger partial charge >= 0.3 is 6.09 Å². The van der Waals surface area contributed by atoms with E-state index in [-0.39, 0.29) is 18.1 Å². The van der Waals surface area contributed by atoms with Crippen LogP contribution < -0.4 is 5.32 Å². The summed E-state index contributed by atoms with van der Waals surface area (Å²) >= 11 is 0. The summed E-state index contributed by atoms with van der Waals surface area (Å²) in [5, 5.41) is 3.07. The van der Waals surface area contributed by atoms with Crippen LogP contribution in [-0.4, -0.2) is 43.3 Å². The predicted molar refractivity (Wildman–Crippen MR) is 113 cm³/mol. The molecule has 1 aromatic rings. The topological polar surface area (TPSA) is 66.0 Å². The number of hydrogen-bond acceptors (Lipinski definition) is 5. The van der Waals surface area contributed by atoms with Crippen LogP contribution in [-0.2, 0) is 25.6 Å². The Bertz CT molecular complexity index is 710. The fourth-order valence-corrected chi connectivity index (χ4v) is 5.43. The minimum atomic E-state index is -0.521. The van der Waals surface area contributed by atoms with Crippen LogP contribution in [0.1, 0.15) is 52.0 Å². The first-order chi connectivity index (χ1) is 14.3. The molecular formula is C24H35NO5. The zero-order valence-electron chi connectivity index (χ0n) is 18.4. The summed E-state index contributed by atoms with van der Waals surface area (Å²) in [5.41, 5.74) is 0.699. The summed E-state index contributed by atoms with van der Waals surface area (Å²) in [4.78, 5) is 12.2. The second-order valence-electron chi connectivity index (χ2n) is 9.90. The summed E-state index contributed by atoms with van der Waals surface area (Å²) in [7, 11) is 0. The van der Waals surface area contributed by atoms with Gasteiger partial charge in [0.15, 0.2) is 5.79 Å². The number of nitrogens with one attached hydrogen (secondary N) is 1. The summed E-state index contributed by atoms with van der Waals surface area (Å²) < 4.78 is 23.9.